The Morgan fingerprint density at radius 3 is 2.85 bits per heavy atom. The van der Waals surface area contributed by atoms with Gasteiger partial charge in [-0.05, 0) is 23.6 Å². The third-order valence-electron chi connectivity index (χ3n) is 1.51. The molecular weight excluding hydrogens is 178 g/mol. The van der Waals surface area contributed by atoms with E-state index in [1.54, 1.807) is 23.7 Å². The zero-order chi connectivity index (χ0) is 8.93. The van der Waals surface area contributed by atoms with Crippen molar-refractivity contribution in [1.82, 2.24) is 4.98 Å². The zero-order valence-corrected chi connectivity index (χ0v) is 7.71. The summed E-state index contributed by atoms with van der Waals surface area (Å²) in [5, 5.41) is 2.02. The first-order valence-corrected chi connectivity index (χ1v) is 4.79. The second-order valence-electron chi connectivity index (χ2n) is 2.47. The summed E-state index contributed by atoms with van der Waals surface area (Å²) in [6.45, 7) is 0. The molecule has 13 heavy (non-hydrogen) atoms. The van der Waals surface area contributed by atoms with E-state index in [1.165, 1.54) is 0 Å². The molecule has 1 nitrogen and oxygen atoms in total. The van der Waals surface area contributed by atoms with Crippen LogP contribution >= 0.6 is 11.3 Å². The smallest absolute Gasteiger partial charge is 0.0772 e. The Kier molecular flexibility index (Phi) is 2.40. The molecule has 0 amide bonds. The summed E-state index contributed by atoms with van der Waals surface area (Å²) >= 11 is 1.65. The lowest BCUT2D eigenvalue weighted by Gasteiger charge is -1.84. The Bertz CT molecular complexity index is 420. The molecule has 0 aliphatic heterocycles. The maximum Gasteiger partial charge on any atom is 0.0772 e. The Balaban J connectivity index is 2.23. The lowest BCUT2D eigenvalue weighted by Crippen LogP contribution is -1.74. The minimum absolute atomic E-state index is 0.955. The molecule has 0 saturated heterocycles. The van der Waals surface area contributed by atoms with Crippen LogP contribution in [0.25, 0.3) is 0 Å². The van der Waals surface area contributed by atoms with E-state index >= 15 is 0 Å². The summed E-state index contributed by atoms with van der Waals surface area (Å²) in [6.07, 6.45) is 3.51. The molecule has 0 atom stereocenters. The Labute approximate surface area is 81.1 Å². The van der Waals surface area contributed by atoms with Gasteiger partial charge in [-0.2, -0.15) is 0 Å². The third kappa shape index (κ3) is 2.17. The van der Waals surface area contributed by atoms with E-state index in [0.29, 0.717) is 0 Å². The largest absolute Gasteiger partial charge is 0.263 e. The molecule has 0 bridgehead atoms. The fourth-order valence-corrected chi connectivity index (χ4v) is 1.49. The maximum atomic E-state index is 3.99. The van der Waals surface area contributed by atoms with Gasteiger partial charge in [0.05, 0.1) is 4.88 Å². The predicted molar refractivity (Wildman–Crippen MR) is 54.5 cm³/mol. The SMILES string of the molecule is C(#Cc1cccs1)c1cccnc1. The normalized spacial score (nSPS) is 8.92. The number of hydrogen-bond acceptors (Lipinski definition) is 2. The van der Waals surface area contributed by atoms with Crippen molar-refractivity contribution < 1.29 is 0 Å². The average molecular weight is 185 g/mol. The first-order chi connectivity index (χ1) is 6.45. The van der Waals surface area contributed by atoms with Crippen LogP contribution in [0, 0.1) is 11.8 Å². The fourth-order valence-electron chi connectivity index (χ4n) is 0.920. The molecule has 0 unspecified atom stereocenters. The highest BCUT2D eigenvalue weighted by atomic mass is 32.1. The summed E-state index contributed by atoms with van der Waals surface area (Å²) in [4.78, 5) is 5.07. The van der Waals surface area contributed by atoms with Gasteiger partial charge in [0.15, 0.2) is 0 Å². The van der Waals surface area contributed by atoms with Crippen molar-refractivity contribution in [3.05, 3.63) is 52.5 Å². The lowest BCUT2D eigenvalue weighted by molar-refractivity contribution is 1.31. The van der Waals surface area contributed by atoms with Crippen LogP contribution in [-0.4, -0.2) is 4.98 Å². The van der Waals surface area contributed by atoms with E-state index < -0.39 is 0 Å². The van der Waals surface area contributed by atoms with Crippen LogP contribution in [0.4, 0.5) is 0 Å². The Morgan fingerprint density at radius 1 is 1.15 bits per heavy atom. The highest BCUT2D eigenvalue weighted by Gasteiger charge is 1.85. The predicted octanol–water partition coefficient (Wildman–Crippen LogP) is 2.54. The average Bonchev–Trinajstić information content (AvgIpc) is 2.69. The molecule has 0 N–H and O–H groups in total. The lowest BCUT2D eigenvalue weighted by atomic mass is 10.3. The summed E-state index contributed by atoms with van der Waals surface area (Å²) < 4.78 is 0. The molecule has 0 aliphatic carbocycles. The van der Waals surface area contributed by atoms with Crippen molar-refractivity contribution >= 4 is 11.3 Å². The second kappa shape index (κ2) is 3.88. The van der Waals surface area contributed by atoms with E-state index in [9.17, 15) is 0 Å². The monoisotopic (exact) mass is 185 g/mol. The van der Waals surface area contributed by atoms with Gasteiger partial charge in [-0.25, -0.2) is 0 Å². The van der Waals surface area contributed by atoms with Gasteiger partial charge in [0.25, 0.3) is 0 Å². The van der Waals surface area contributed by atoms with Crippen LogP contribution in [0.15, 0.2) is 42.0 Å². The van der Waals surface area contributed by atoms with Gasteiger partial charge < -0.3 is 0 Å². The minimum Gasteiger partial charge on any atom is -0.263 e. The highest BCUT2D eigenvalue weighted by molar-refractivity contribution is 7.10. The molecule has 0 aliphatic rings. The summed E-state index contributed by atoms with van der Waals surface area (Å²) in [6, 6.07) is 7.85. The Hall–Kier alpha value is -1.59. The van der Waals surface area contributed by atoms with E-state index in [-0.39, 0.29) is 0 Å². The van der Waals surface area contributed by atoms with Crippen LogP contribution in [0.2, 0.25) is 0 Å². The summed E-state index contributed by atoms with van der Waals surface area (Å²) in [7, 11) is 0. The van der Waals surface area contributed by atoms with Crippen LogP contribution in [-0.2, 0) is 0 Å². The number of rotatable bonds is 0. The van der Waals surface area contributed by atoms with Crippen molar-refractivity contribution in [3.8, 4) is 11.8 Å². The van der Waals surface area contributed by atoms with Crippen LogP contribution in [0.3, 0.4) is 0 Å². The quantitative estimate of drug-likeness (QED) is 0.575. The topological polar surface area (TPSA) is 12.9 Å². The molecule has 0 radical (unpaired) electrons. The number of thiophene rings is 1. The van der Waals surface area contributed by atoms with Gasteiger partial charge in [-0.15, -0.1) is 11.3 Å². The standard InChI is InChI=1S/C11H7NS/c1-3-10(9-12-7-1)5-6-11-4-2-8-13-11/h1-4,7-9H. The molecule has 2 heterocycles. The van der Waals surface area contributed by atoms with Crippen molar-refractivity contribution in [2.45, 2.75) is 0 Å². The summed E-state index contributed by atoms with van der Waals surface area (Å²) in [5.74, 6) is 6.11. The van der Waals surface area contributed by atoms with E-state index in [0.717, 1.165) is 10.4 Å². The van der Waals surface area contributed by atoms with Crippen LogP contribution in [0.5, 0.6) is 0 Å². The van der Waals surface area contributed by atoms with E-state index in [4.69, 9.17) is 0 Å². The minimum atomic E-state index is 0.955. The molecule has 0 fully saturated rings. The van der Waals surface area contributed by atoms with E-state index in [1.807, 2.05) is 29.6 Å². The number of hydrogen-bond donors (Lipinski definition) is 0. The zero-order valence-electron chi connectivity index (χ0n) is 6.90. The van der Waals surface area contributed by atoms with Crippen LogP contribution < -0.4 is 0 Å². The molecule has 2 rings (SSSR count). The molecule has 0 aromatic carbocycles. The molecule has 0 saturated carbocycles. The fraction of sp³-hybridized carbons (Fsp3) is 0. The first-order valence-electron chi connectivity index (χ1n) is 3.91. The van der Waals surface area contributed by atoms with Crippen LogP contribution in [0.1, 0.15) is 10.4 Å². The van der Waals surface area contributed by atoms with Crippen molar-refractivity contribution in [3.63, 3.8) is 0 Å². The molecule has 2 heteroatoms. The van der Waals surface area contributed by atoms with Gasteiger partial charge in [-0.3, -0.25) is 4.98 Å². The van der Waals surface area contributed by atoms with Gasteiger partial charge in [0.2, 0.25) is 0 Å². The van der Waals surface area contributed by atoms with Gasteiger partial charge in [0, 0.05) is 18.0 Å². The highest BCUT2D eigenvalue weighted by Crippen LogP contribution is 2.06. The summed E-state index contributed by atoms with van der Waals surface area (Å²) in [5.41, 5.74) is 0.955. The number of pyridine rings is 1. The molecule has 2 aromatic heterocycles. The molecular formula is C11H7NS. The van der Waals surface area contributed by atoms with Crippen molar-refractivity contribution in [2.24, 2.45) is 0 Å². The van der Waals surface area contributed by atoms with Crippen molar-refractivity contribution in [2.75, 3.05) is 0 Å². The first kappa shape index (κ1) is 8.03. The number of nitrogens with zero attached hydrogens (tertiary/aromatic N) is 1. The molecule has 62 valence electrons. The third-order valence-corrected chi connectivity index (χ3v) is 2.30. The second-order valence-corrected chi connectivity index (χ2v) is 3.42. The van der Waals surface area contributed by atoms with Gasteiger partial charge in [0.1, 0.15) is 0 Å². The van der Waals surface area contributed by atoms with Gasteiger partial charge in [-0.1, -0.05) is 17.9 Å². The van der Waals surface area contributed by atoms with Crippen molar-refractivity contribution in [1.29, 1.82) is 0 Å². The molecule has 0 spiro atoms. The van der Waals surface area contributed by atoms with E-state index in [2.05, 4.69) is 16.8 Å². The number of aromatic nitrogens is 1. The maximum absolute atomic E-state index is 3.99. The van der Waals surface area contributed by atoms with Gasteiger partial charge >= 0.3 is 0 Å². The molecule has 2 aromatic rings. The Morgan fingerprint density at radius 2 is 2.15 bits per heavy atom.